The zero-order valence-corrected chi connectivity index (χ0v) is 8.39. The summed E-state index contributed by atoms with van der Waals surface area (Å²) in [5.74, 6) is 0.0303. The van der Waals surface area contributed by atoms with E-state index in [1.807, 2.05) is 0 Å². The van der Waals surface area contributed by atoms with Gasteiger partial charge in [-0.05, 0) is 12.1 Å². The molecule has 0 saturated heterocycles. The second-order valence-electron chi connectivity index (χ2n) is 2.63. The minimum absolute atomic E-state index is 0.0303. The lowest BCUT2D eigenvalue weighted by Gasteiger charge is -2.04. The fourth-order valence-electron chi connectivity index (χ4n) is 1.12. The smallest absolute Gasteiger partial charge is 0.126 e. The van der Waals surface area contributed by atoms with E-state index in [0.29, 0.717) is 16.3 Å². The standard InChI is InChI=1S/C9H5Cl2N2O/c10-5-1-2-7(14)8(9(5)11)6-3-4-12-13-6/h1-2,4,14H,(H,12,13). The third-order valence-corrected chi connectivity index (χ3v) is 2.56. The van der Waals surface area contributed by atoms with Gasteiger partial charge in [-0.1, -0.05) is 23.2 Å². The van der Waals surface area contributed by atoms with E-state index >= 15 is 0 Å². The molecule has 0 bridgehead atoms. The molecule has 2 aromatic rings. The van der Waals surface area contributed by atoms with Crippen molar-refractivity contribution in [2.75, 3.05) is 0 Å². The number of nitrogens with zero attached hydrogens (tertiary/aromatic N) is 1. The van der Waals surface area contributed by atoms with Crippen molar-refractivity contribution in [3.05, 3.63) is 34.4 Å². The van der Waals surface area contributed by atoms with Crippen molar-refractivity contribution in [3.63, 3.8) is 0 Å². The first-order valence-corrected chi connectivity index (χ1v) is 4.54. The van der Waals surface area contributed by atoms with Crippen molar-refractivity contribution in [2.24, 2.45) is 0 Å². The predicted octanol–water partition coefficient (Wildman–Crippen LogP) is 2.89. The van der Waals surface area contributed by atoms with Crippen molar-refractivity contribution in [1.82, 2.24) is 10.2 Å². The van der Waals surface area contributed by atoms with Crippen LogP contribution in [0.4, 0.5) is 0 Å². The Morgan fingerprint density at radius 2 is 2.14 bits per heavy atom. The maximum absolute atomic E-state index is 9.57. The molecule has 0 fully saturated rings. The van der Waals surface area contributed by atoms with E-state index in [2.05, 4.69) is 16.3 Å². The number of nitrogens with one attached hydrogen (secondary N) is 1. The van der Waals surface area contributed by atoms with Crippen LogP contribution in [0.1, 0.15) is 0 Å². The molecular weight excluding hydrogens is 223 g/mol. The number of aromatic amines is 1. The highest BCUT2D eigenvalue weighted by Gasteiger charge is 2.13. The number of hydrogen-bond acceptors (Lipinski definition) is 2. The molecule has 1 aromatic heterocycles. The van der Waals surface area contributed by atoms with Gasteiger partial charge in [-0.15, -0.1) is 0 Å². The summed E-state index contributed by atoms with van der Waals surface area (Å²) in [4.78, 5) is 0. The third kappa shape index (κ3) is 1.45. The maximum Gasteiger partial charge on any atom is 0.126 e. The summed E-state index contributed by atoms with van der Waals surface area (Å²) in [6.45, 7) is 0. The summed E-state index contributed by atoms with van der Waals surface area (Å²) < 4.78 is 0. The van der Waals surface area contributed by atoms with Gasteiger partial charge in [-0.2, -0.15) is 5.10 Å². The Morgan fingerprint density at radius 1 is 1.36 bits per heavy atom. The molecule has 2 rings (SSSR count). The van der Waals surface area contributed by atoms with Gasteiger partial charge >= 0.3 is 0 Å². The summed E-state index contributed by atoms with van der Waals surface area (Å²) in [7, 11) is 0. The molecule has 0 unspecified atom stereocenters. The average molecular weight is 228 g/mol. The van der Waals surface area contributed by atoms with E-state index in [-0.39, 0.29) is 10.8 Å². The van der Waals surface area contributed by atoms with Crippen LogP contribution in [0.2, 0.25) is 10.0 Å². The maximum atomic E-state index is 9.57. The molecule has 14 heavy (non-hydrogen) atoms. The Kier molecular flexibility index (Phi) is 2.35. The van der Waals surface area contributed by atoms with Crippen LogP contribution in [0.15, 0.2) is 18.3 Å². The van der Waals surface area contributed by atoms with Crippen LogP contribution in [0, 0.1) is 6.07 Å². The van der Waals surface area contributed by atoms with Gasteiger partial charge in [0, 0.05) is 12.3 Å². The summed E-state index contributed by atoms with van der Waals surface area (Å²) in [5, 5.41) is 16.7. The van der Waals surface area contributed by atoms with Crippen molar-refractivity contribution < 1.29 is 5.11 Å². The monoisotopic (exact) mass is 227 g/mol. The van der Waals surface area contributed by atoms with Crippen LogP contribution in [-0.2, 0) is 0 Å². The lowest BCUT2D eigenvalue weighted by molar-refractivity contribution is 0.477. The summed E-state index contributed by atoms with van der Waals surface area (Å²) >= 11 is 11.7. The summed E-state index contributed by atoms with van der Waals surface area (Å²) in [6.07, 6.45) is 1.52. The Morgan fingerprint density at radius 3 is 2.79 bits per heavy atom. The molecule has 5 heteroatoms. The minimum Gasteiger partial charge on any atom is -0.507 e. The van der Waals surface area contributed by atoms with E-state index in [4.69, 9.17) is 23.2 Å². The van der Waals surface area contributed by atoms with E-state index in [0.717, 1.165) is 0 Å². The number of aromatic hydroxyl groups is 1. The average Bonchev–Trinajstić information content (AvgIpc) is 2.65. The largest absolute Gasteiger partial charge is 0.507 e. The fourth-order valence-corrected chi connectivity index (χ4v) is 1.53. The number of halogens is 2. The van der Waals surface area contributed by atoms with Gasteiger partial charge in [-0.25, -0.2) is 0 Å². The lowest BCUT2D eigenvalue weighted by atomic mass is 10.1. The van der Waals surface area contributed by atoms with Gasteiger partial charge in [0.05, 0.1) is 15.6 Å². The number of phenolic OH excluding ortho intramolecular Hbond substituents is 1. The van der Waals surface area contributed by atoms with Crippen LogP contribution in [0.25, 0.3) is 11.3 Å². The lowest BCUT2D eigenvalue weighted by Crippen LogP contribution is -1.82. The molecule has 0 saturated carbocycles. The second-order valence-corrected chi connectivity index (χ2v) is 3.42. The Bertz CT molecular complexity index is 454. The third-order valence-electron chi connectivity index (χ3n) is 1.76. The van der Waals surface area contributed by atoms with Gasteiger partial charge in [0.2, 0.25) is 0 Å². The van der Waals surface area contributed by atoms with Crippen molar-refractivity contribution in [3.8, 4) is 17.0 Å². The van der Waals surface area contributed by atoms with Crippen molar-refractivity contribution in [2.45, 2.75) is 0 Å². The highest BCUT2D eigenvalue weighted by Crippen LogP contribution is 2.38. The van der Waals surface area contributed by atoms with Crippen molar-refractivity contribution >= 4 is 23.2 Å². The number of aromatic nitrogens is 2. The molecule has 71 valence electrons. The highest BCUT2D eigenvalue weighted by atomic mass is 35.5. The number of phenols is 1. The number of hydrogen-bond donors (Lipinski definition) is 2. The van der Waals surface area contributed by atoms with Crippen LogP contribution in [0.3, 0.4) is 0 Å². The van der Waals surface area contributed by atoms with Crippen LogP contribution in [0.5, 0.6) is 5.75 Å². The van der Waals surface area contributed by atoms with E-state index in [1.54, 1.807) is 0 Å². The molecule has 0 spiro atoms. The minimum atomic E-state index is 0.0303. The van der Waals surface area contributed by atoms with Gasteiger partial charge in [0.25, 0.3) is 0 Å². The SMILES string of the molecule is Oc1ccc(Cl)c(Cl)c1-c1[c]c[nH]n1. The molecule has 3 nitrogen and oxygen atoms in total. The van der Waals surface area contributed by atoms with Gasteiger partial charge in [-0.3, -0.25) is 5.10 Å². The van der Waals surface area contributed by atoms with E-state index in [1.165, 1.54) is 18.3 Å². The first-order chi connectivity index (χ1) is 6.70. The Balaban J connectivity index is 2.69. The molecule has 2 N–H and O–H groups in total. The van der Waals surface area contributed by atoms with E-state index < -0.39 is 0 Å². The highest BCUT2D eigenvalue weighted by molar-refractivity contribution is 6.43. The molecule has 0 aliphatic carbocycles. The van der Waals surface area contributed by atoms with Gasteiger partial charge in [0.1, 0.15) is 11.4 Å². The first-order valence-electron chi connectivity index (χ1n) is 3.79. The summed E-state index contributed by atoms with van der Waals surface area (Å²) in [6, 6.07) is 5.78. The molecule has 1 heterocycles. The predicted molar refractivity (Wildman–Crippen MR) is 54.5 cm³/mol. The molecule has 1 aromatic carbocycles. The summed E-state index contributed by atoms with van der Waals surface area (Å²) in [5.41, 5.74) is 0.829. The van der Waals surface area contributed by atoms with Crippen LogP contribution in [-0.4, -0.2) is 15.3 Å². The molecule has 0 aliphatic heterocycles. The fraction of sp³-hybridized carbons (Fsp3) is 0. The first kappa shape index (κ1) is 9.37. The molecule has 0 atom stereocenters. The normalized spacial score (nSPS) is 10.4. The molecule has 0 amide bonds. The van der Waals surface area contributed by atoms with Crippen LogP contribution < -0.4 is 0 Å². The van der Waals surface area contributed by atoms with E-state index in [9.17, 15) is 5.11 Å². The van der Waals surface area contributed by atoms with Gasteiger partial charge < -0.3 is 5.11 Å². The quantitative estimate of drug-likeness (QED) is 0.788. The molecule has 1 radical (unpaired) electrons. The molecular formula is C9H5Cl2N2O. The second kappa shape index (κ2) is 3.52. The Hall–Kier alpha value is -1.19. The zero-order chi connectivity index (χ0) is 10.1. The Labute approximate surface area is 90.3 Å². The topological polar surface area (TPSA) is 48.9 Å². The number of benzene rings is 1. The number of H-pyrrole nitrogens is 1. The zero-order valence-electron chi connectivity index (χ0n) is 6.88. The van der Waals surface area contributed by atoms with Crippen molar-refractivity contribution in [1.29, 1.82) is 0 Å². The van der Waals surface area contributed by atoms with Crippen LogP contribution >= 0.6 is 23.2 Å². The molecule has 0 aliphatic rings. The number of rotatable bonds is 1. The van der Waals surface area contributed by atoms with Gasteiger partial charge in [0.15, 0.2) is 0 Å².